The van der Waals surface area contributed by atoms with Crippen LogP contribution in [0.2, 0.25) is 0 Å². The van der Waals surface area contributed by atoms with Gasteiger partial charge >= 0.3 is 0 Å². The minimum Gasteiger partial charge on any atom is -0.494 e. The zero-order chi connectivity index (χ0) is 18.9. The molecule has 27 heavy (non-hydrogen) atoms. The highest BCUT2D eigenvalue weighted by Crippen LogP contribution is 2.32. The summed E-state index contributed by atoms with van der Waals surface area (Å²) in [5.41, 5.74) is 2.13. The van der Waals surface area contributed by atoms with Gasteiger partial charge in [0, 0.05) is 31.8 Å². The van der Waals surface area contributed by atoms with E-state index in [9.17, 15) is 0 Å². The number of guanidine groups is 1. The van der Waals surface area contributed by atoms with Crippen LogP contribution in [0, 0.1) is 0 Å². The second-order valence-electron chi connectivity index (χ2n) is 6.17. The van der Waals surface area contributed by atoms with Crippen molar-refractivity contribution in [3.05, 3.63) is 48.0 Å². The largest absolute Gasteiger partial charge is 0.494 e. The molecule has 0 radical (unpaired) electrons. The molecule has 0 saturated carbocycles. The van der Waals surface area contributed by atoms with Crippen molar-refractivity contribution >= 4 is 11.6 Å². The molecule has 0 aromatic heterocycles. The zero-order valence-corrected chi connectivity index (χ0v) is 16.0. The van der Waals surface area contributed by atoms with E-state index in [4.69, 9.17) is 14.2 Å². The first kappa shape index (κ1) is 18.9. The fraction of sp³-hybridized carbons (Fsp3) is 0.381. The highest BCUT2D eigenvalue weighted by atomic mass is 16.5. The number of nitrogens with zero attached hydrogens (tertiary/aromatic N) is 1. The maximum absolute atomic E-state index is 5.74. The summed E-state index contributed by atoms with van der Waals surface area (Å²) in [5.74, 6) is 3.17. The molecule has 0 aliphatic carbocycles. The molecule has 2 N–H and O–H groups in total. The molecule has 6 heteroatoms. The van der Waals surface area contributed by atoms with Gasteiger partial charge in [-0.1, -0.05) is 12.1 Å². The van der Waals surface area contributed by atoms with Crippen LogP contribution in [-0.4, -0.2) is 39.4 Å². The monoisotopic (exact) mass is 369 g/mol. The van der Waals surface area contributed by atoms with Crippen LogP contribution in [0.3, 0.4) is 0 Å². The van der Waals surface area contributed by atoms with Crippen molar-refractivity contribution < 1.29 is 14.2 Å². The van der Waals surface area contributed by atoms with E-state index >= 15 is 0 Å². The fourth-order valence-electron chi connectivity index (χ4n) is 2.84. The molecule has 0 atom stereocenters. The second kappa shape index (κ2) is 9.71. The lowest BCUT2D eigenvalue weighted by Crippen LogP contribution is -2.32. The number of fused-ring (bicyclic) bond motifs is 1. The van der Waals surface area contributed by atoms with Crippen LogP contribution < -0.4 is 24.8 Å². The van der Waals surface area contributed by atoms with Crippen LogP contribution in [0.5, 0.6) is 17.2 Å². The van der Waals surface area contributed by atoms with Gasteiger partial charge in [-0.05, 0) is 43.2 Å². The van der Waals surface area contributed by atoms with E-state index in [1.165, 1.54) is 5.56 Å². The quantitative estimate of drug-likeness (QED) is 0.603. The summed E-state index contributed by atoms with van der Waals surface area (Å²) in [5, 5.41) is 6.63. The molecular formula is C21H27N3O3. The van der Waals surface area contributed by atoms with Crippen LogP contribution in [0.4, 0.5) is 5.69 Å². The summed E-state index contributed by atoms with van der Waals surface area (Å²) in [6.45, 7) is 4.79. The molecule has 1 aliphatic rings. The number of benzene rings is 2. The van der Waals surface area contributed by atoms with Gasteiger partial charge in [0.05, 0.1) is 19.8 Å². The van der Waals surface area contributed by atoms with Gasteiger partial charge in [0.25, 0.3) is 0 Å². The van der Waals surface area contributed by atoms with E-state index in [0.29, 0.717) is 25.8 Å². The van der Waals surface area contributed by atoms with Crippen molar-refractivity contribution in [3.8, 4) is 17.2 Å². The molecule has 1 aliphatic heterocycles. The Morgan fingerprint density at radius 1 is 1.11 bits per heavy atom. The molecule has 2 aromatic rings. The third-order valence-corrected chi connectivity index (χ3v) is 4.15. The highest BCUT2D eigenvalue weighted by molar-refractivity contribution is 5.93. The summed E-state index contributed by atoms with van der Waals surface area (Å²) in [4.78, 5) is 4.29. The zero-order valence-electron chi connectivity index (χ0n) is 16.0. The lowest BCUT2D eigenvalue weighted by molar-refractivity contribution is 0.297. The molecule has 0 spiro atoms. The summed E-state index contributed by atoms with van der Waals surface area (Å²) in [6.07, 6.45) is 1.77. The number of anilines is 1. The van der Waals surface area contributed by atoms with Gasteiger partial charge in [-0.15, -0.1) is 0 Å². The Labute approximate surface area is 160 Å². The third kappa shape index (κ3) is 5.54. The van der Waals surface area contributed by atoms with Crippen LogP contribution in [-0.2, 0) is 6.42 Å². The molecule has 0 unspecified atom stereocenters. The first-order valence-corrected chi connectivity index (χ1v) is 9.37. The Balaban J connectivity index is 1.54. The molecule has 1 heterocycles. The van der Waals surface area contributed by atoms with Crippen molar-refractivity contribution in [2.45, 2.75) is 19.8 Å². The number of ether oxygens (including phenoxy) is 3. The minimum absolute atomic E-state index is 0.671. The molecule has 0 saturated heterocycles. The minimum atomic E-state index is 0.671. The lowest BCUT2D eigenvalue weighted by atomic mass is 10.1. The topological polar surface area (TPSA) is 64.1 Å². The average molecular weight is 369 g/mol. The van der Waals surface area contributed by atoms with Crippen LogP contribution in [0.15, 0.2) is 47.5 Å². The smallest absolute Gasteiger partial charge is 0.195 e. The summed E-state index contributed by atoms with van der Waals surface area (Å²) < 4.78 is 17.0. The van der Waals surface area contributed by atoms with Crippen LogP contribution in [0.25, 0.3) is 0 Å². The van der Waals surface area contributed by atoms with Gasteiger partial charge in [0.2, 0.25) is 0 Å². The summed E-state index contributed by atoms with van der Waals surface area (Å²) in [7, 11) is 1.76. The van der Waals surface area contributed by atoms with Crippen molar-refractivity contribution in [2.75, 3.05) is 38.7 Å². The van der Waals surface area contributed by atoms with E-state index in [0.717, 1.165) is 42.3 Å². The molecule has 144 valence electrons. The van der Waals surface area contributed by atoms with Gasteiger partial charge in [-0.3, -0.25) is 4.99 Å². The van der Waals surface area contributed by atoms with Gasteiger partial charge < -0.3 is 24.8 Å². The first-order chi connectivity index (χ1) is 13.3. The van der Waals surface area contributed by atoms with Crippen molar-refractivity contribution in [2.24, 2.45) is 4.99 Å². The number of nitrogens with one attached hydrogen (secondary N) is 2. The Morgan fingerprint density at radius 3 is 2.78 bits per heavy atom. The maximum atomic E-state index is 5.74. The molecule has 3 rings (SSSR count). The van der Waals surface area contributed by atoms with Crippen LogP contribution >= 0.6 is 0 Å². The first-order valence-electron chi connectivity index (χ1n) is 9.37. The maximum Gasteiger partial charge on any atom is 0.195 e. The average Bonchev–Trinajstić information content (AvgIpc) is 2.93. The number of hydrogen-bond donors (Lipinski definition) is 2. The van der Waals surface area contributed by atoms with Gasteiger partial charge in [0.1, 0.15) is 5.75 Å². The second-order valence-corrected chi connectivity index (χ2v) is 6.17. The predicted octanol–water partition coefficient (Wildman–Crippen LogP) is 3.48. The normalized spacial score (nSPS) is 13.6. The Hall–Kier alpha value is -2.89. The van der Waals surface area contributed by atoms with E-state index in [1.54, 1.807) is 7.05 Å². The molecule has 0 bridgehead atoms. The molecule has 2 aromatic carbocycles. The molecule has 0 fully saturated rings. The van der Waals surface area contributed by atoms with E-state index in [1.807, 2.05) is 37.3 Å². The van der Waals surface area contributed by atoms with Crippen molar-refractivity contribution in [1.29, 1.82) is 0 Å². The summed E-state index contributed by atoms with van der Waals surface area (Å²) in [6, 6.07) is 14.0. The van der Waals surface area contributed by atoms with Crippen molar-refractivity contribution in [3.63, 3.8) is 0 Å². The van der Waals surface area contributed by atoms with Crippen molar-refractivity contribution in [1.82, 2.24) is 5.32 Å². The number of aliphatic imine (C=N–C) groups is 1. The Morgan fingerprint density at radius 2 is 1.96 bits per heavy atom. The van der Waals surface area contributed by atoms with E-state index in [2.05, 4.69) is 27.8 Å². The summed E-state index contributed by atoms with van der Waals surface area (Å²) >= 11 is 0. The molecular weight excluding hydrogens is 342 g/mol. The van der Waals surface area contributed by atoms with E-state index < -0.39 is 0 Å². The Bertz CT molecular complexity index is 777. The van der Waals surface area contributed by atoms with E-state index in [-0.39, 0.29) is 0 Å². The van der Waals surface area contributed by atoms with Gasteiger partial charge in [0.15, 0.2) is 17.5 Å². The van der Waals surface area contributed by atoms with Gasteiger partial charge in [-0.2, -0.15) is 0 Å². The molecule has 0 amide bonds. The lowest BCUT2D eigenvalue weighted by Gasteiger charge is -2.14. The fourth-order valence-corrected chi connectivity index (χ4v) is 2.84. The predicted molar refractivity (Wildman–Crippen MR) is 108 cm³/mol. The number of hydrogen-bond acceptors (Lipinski definition) is 4. The standard InChI is InChI=1S/C21H27N3O3/c1-3-25-18-7-4-6-16(14-18)10-11-23-21(22-2)24-17-8-9-19-20(15-17)27-13-5-12-26-19/h4,6-9,14-15H,3,5,10-13H2,1-2H3,(H2,22,23,24). The molecule has 6 nitrogen and oxygen atoms in total. The SMILES string of the molecule is CCOc1cccc(CCNC(=NC)Nc2ccc3c(c2)OCCCO3)c1. The highest BCUT2D eigenvalue weighted by Gasteiger charge is 2.11. The van der Waals surface area contributed by atoms with Gasteiger partial charge in [-0.25, -0.2) is 0 Å². The number of rotatable bonds is 6. The Kier molecular flexibility index (Phi) is 6.79. The van der Waals surface area contributed by atoms with Crippen LogP contribution in [0.1, 0.15) is 18.9 Å². The third-order valence-electron chi connectivity index (χ3n) is 4.15.